The Labute approximate surface area is 149 Å². The van der Waals surface area contributed by atoms with Crippen LogP contribution in [0.3, 0.4) is 0 Å². The van der Waals surface area contributed by atoms with E-state index in [9.17, 15) is 19.7 Å². The molecule has 1 fully saturated rings. The molecule has 3 amide bonds. The SMILES string of the molecule is O=C(Nc1ccc([N+](=O)[O-])cc1)NC1CCN(C(=O)c2ccoc2)CC1. The van der Waals surface area contributed by atoms with Gasteiger partial charge in [-0.15, -0.1) is 0 Å². The predicted molar refractivity (Wildman–Crippen MR) is 92.9 cm³/mol. The normalized spacial score (nSPS) is 14.7. The Hall–Kier alpha value is -3.36. The number of urea groups is 1. The maximum absolute atomic E-state index is 12.2. The van der Waals surface area contributed by atoms with Crippen molar-refractivity contribution >= 4 is 23.3 Å². The van der Waals surface area contributed by atoms with E-state index in [-0.39, 0.29) is 23.7 Å². The number of anilines is 1. The second-order valence-corrected chi connectivity index (χ2v) is 5.98. The average Bonchev–Trinajstić information content (AvgIpc) is 3.17. The van der Waals surface area contributed by atoms with E-state index in [2.05, 4.69) is 10.6 Å². The lowest BCUT2D eigenvalue weighted by Gasteiger charge is -2.32. The van der Waals surface area contributed by atoms with Crippen LogP contribution in [0.15, 0.2) is 47.3 Å². The van der Waals surface area contributed by atoms with Gasteiger partial charge in [-0.25, -0.2) is 4.79 Å². The summed E-state index contributed by atoms with van der Waals surface area (Å²) in [5.74, 6) is -0.0764. The van der Waals surface area contributed by atoms with E-state index in [4.69, 9.17) is 4.42 Å². The van der Waals surface area contributed by atoms with Crippen molar-refractivity contribution in [2.75, 3.05) is 18.4 Å². The fourth-order valence-corrected chi connectivity index (χ4v) is 2.81. The van der Waals surface area contributed by atoms with E-state index < -0.39 is 4.92 Å². The summed E-state index contributed by atoms with van der Waals surface area (Å²) >= 11 is 0. The van der Waals surface area contributed by atoms with Crippen LogP contribution in [-0.4, -0.2) is 40.9 Å². The highest BCUT2D eigenvalue weighted by Crippen LogP contribution is 2.17. The second kappa shape index (κ2) is 7.68. The molecule has 0 aliphatic carbocycles. The number of non-ortho nitro benzene ring substituents is 1. The first-order chi connectivity index (χ1) is 12.5. The number of rotatable bonds is 4. The van der Waals surface area contributed by atoms with Crippen molar-refractivity contribution in [2.24, 2.45) is 0 Å². The summed E-state index contributed by atoms with van der Waals surface area (Å²) in [6.07, 6.45) is 4.18. The molecular weight excluding hydrogens is 340 g/mol. The Morgan fingerprint density at radius 3 is 2.42 bits per heavy atom. The molecule has 9 nitrogen and oxygen atoms in total. The standard InChI is InChI=1S/C17H18N4O5/c22-16(12-7-10-26-11-12)20-8-5-14(6-9-20)19-17(23)18-13-1-3-15(4-2-13)21(24)25/h1-4,7,10-11,14H,5-6,8-9H2,(H2,18,19,23). The molecule has 2 heterocycles. The summed E-state index contributed by atoms with van der Waals surface area (Å²) in [7, 11) is 0. The van der Waals surface area contributed by atoms with Gasteiger partial charge < -0.3 is 20.0 Å². The van der Waals surface area contributed by atoms with Gasteiger partial charge in [0.2, 0.25) is 0 Å². The van der Waals surface area contributed by atoms with Gasteiger partial charge in [0.1, 0.15) is 6.26 Å². The molecule has 1 aliphatic heterocycles. The van der Waals surface area contributed by atoms with Gasteiger partial charge in [-0.05, 0) is 31.0 Å². The van der Waals surface area contributed by atoms with Crippen LogP contribution in [0.4, 0.5) is 16.2 Å². The van der Waals surface area contributed by atoms with Crippen molar-refractivity contribution in [1.82, 2.24) is 10.2 Å². The van der Waals surface area contributed by atoms with Crippen LogP contribution in [0.25, 0.3) is 0 Å². The van der Waals surface area contributed by atoms with Gasteiger partial charge in [0.15, 0.2) is 0 Å². The Kier molecular flexibility index (Phi) is 5.16. The van der Waals surface area contributed by atoms with Crippen molar-refractivity contribution in [1.29, 1.82) is 0 Å². The van der Waals surface area contributed by atoms with Crippen LogP contribution >= 0.6 is 0 Å². The van der Waals surface area contributed by atoms with Crippen LogP contribution in [0, 0.1) is 10.1 Å². The maximum atomic E-state index is 12.2. The van der Waals surface area contributed by atoms with E-state index in [0.717, 1.165) is 0 Å². The van der Waals surface area contributed by atoms with Gasteiger partial charge in [0, 0.05) is 37.0 Å². The van der Waals surface area contributed by atoms with Gasteiger partial charge in [0.05, 0.1) is 16.7 Å². The molecule has 3 rings (SSSR count). The number of carbonyl (C=O) groups excluding carboxylic acids is 2. The van der Waals surface area contributed by atoms with Gasteiger partial charge >= 0.3 is 6.03 Å². The number of furan rings is 1. The molecular formula is C17H18N4O5. The molecule has 1 aromatic carbocycles. The van der Waals surface area contributed by atoms with Crippen LogP contribution in [-0.2, 0) is 0 Å². The Morgan fingerprint density at radius 2 is 1.85 bits per heavy atom. The number of piperidine rings is 1. The fourth-order valence-electron chi connectivity index (χ4n) is 2.81. The minimum atomic E-state index is -0.498. The van der Waals surface area contributed by atoms with Crippen LogP contribution in [0.1, 0.15) is 23.2 Å². The van der Waals surface area contributed by atoms with Gasteiger partial charge in [-0.2, -0.15) is 0 Å². The van der Waals surface area contributed by atoms with E-state index in [1.165, 1.54) is 36.8 Å². The van der Waals surface area contributed by atoms with Gasteiger partial charge in [0.25, 0.3) is 11.6 Å². The van der Waals surface area contributed by atoms with Gasteiger partial charge in [-0.1, -0.05) is 0 Å². The summed E-state index contributed by atoms with van der Waals surface area (Å²) < 4.78 is 4.93. The lowest BCUT2D eigenvalue weighted by Crippen LogP contribution is -2.47. The highest BCUT2D eigenvalue weighted by molar-refractivity contribution is 5.94. The molecule has 0 bridgehead atoms. The van der Waals surface area contributed by atoms with Gasteiger partial charge in [-0.3, -0.25) is 14.9 Å². The van der Waals surface area contributed by atoms with Crippen molar-refractivity contribution in [2.45, 2.75) is 18.9 Å². The third-order valence-corrected chi connectivity index (χ3v) is 4.22. The topological polar surface area (TPSA) is 118 Å². The molecule has 0 spiro atoms. The second-order valence-electron chi connectivity index (χ2n) is 5.98. The zero-order valence-electron chi connectivity index (χ0n) is 13.9. The number of benzene rings is 1. The first-order valence-corrected chi connectivity index (χ1v) is 8.16. The largest absolute Gasteiger partial charge is 0.472 e. The van der Waals surface area contributed by atoms with Crippen molar-refractivity contribution in [3.05, 3.63) is 58.5 Å². The van der Waals surface area contributed by atoms with E-state index in [1.54, 1.807) is 11.0 Å². The monoisotopic (exact) mass is 358 g/mol. The number of hydrogen-bond acceptors (Lipinski definition) is 5. The number of nitro benzene ring substituents is 1. The lowest BCUT2D eigenvalue weighted by atomic mass is 10.0. The number of nitrogens with zero attached hydrogens (tertiary/aromatic N) is 2. The average molecular weight is 358 g/mol. The molecule has 9 heteroatoms. The minimum Gasteiger partial charge on any atom is -0.472 e. The van der Waals surface area contributed by atoms with Crippen LogP contribution in [0.2, 0.25) is 0 Å². The number of nitrogens with one attached hydrogen (secondary N) is 2. The number of likely N-dealkylation sites (tertiary alicyclic amines) is 1. The lowest BCUT2D eigenvalue weighted by molar-refractivity contribution is -0.384. The Balaban J connectivity index is 1.46. The maximum Gasteiger partial charge on any atom is 0.319 e. The zero-order valence-corrected chi connectivity index (χ0v) is 13.9. The van der Waals surface area contributed by atoms with Crippen molar-refractivity contribution in [3.8, 4) is 0 Å². The van der Waals surface area contributed by atoms with Crippen molar-refractivity contribution in [3.63, 3.8) is 0 Å². The van der Waals surface area contributed by atoms with E-state index >= 15 is 0 Å². The third-order valence-electron chi connectivity index (χ3n) is 4.22. The summed E-state index contributed by atoms with van der Waals surface area (Å²) in [6, 6.07) is 6.82. The predicted octanol–water partition coefficient (Wildman–Crippen LogP) is 2.61. The van der Waals surface area contributed by atoms with E-state index in [1.807, 2.05) is 0 Å². The molecule has 0 unspecified atom stereocenters. The Morgan fingerprint density at radius 1 is 1.15 bits per heavy atom. The number of hydrogen-bond donors (Lipinski definition) is 2. The number of amides is 3. The molecule has 1 aliphatic rings. The summed E-state index contributed by atoms with van der Waals surface area (Å²) in [4.78, 5) is 36.1. The van der Waals surface area contributed by atoms with Crippen LogP contribution < -0.4 is 10.6 Å². The van der Waals surface area contributed by atoms with Crippen LogP contribution in [0.5, 0.6) is 0 Å². The highest BCUT2D eigenvalue weighted by atomic mass is 16.6. The quantitative estimate of drug-likeness (QED) is 0.643. The first kappa shape index (κ1) is 17.5. The Bertz CT molecular complexity index is 780. The number of carbonyl (C=O) groups is 2. The summed E-state index contributed by atoms with van der Waals surface area (Å²) in [5.41, 5.74) is 0.957. The summed E-state index contributed by atoms with van der Waals surface area (Å²) in [5, 5.41) is 16.1. The zero-order chi connectivity index (χ0) is 18.5. The molecule has 26 heavy (non-hydrogen) atoms. The number of nitro groups is 1. The molecule has 0 atom stereocenters. The molecule has 2 N–H and O–H groups in total. The molecule has 1 saturated heterocycles. The smallest absolute Gasteiger partial charge is 0.319 e. The molecule has 0 saturated carbocycles. The molecule has 136 valence electrons. The third kappa shape index (κ3) is 4.18. The molecule has 1 aromatic heterocycles. The highest BCUT2D eigenvalue weighted by Gasteiger charge is 2.25. The summed E-state index contributed by atoms with van der Waals surface area (Å²) in [6.45, 7) is 1.10. The molecule has 0 radical (unpaired) electrons. The van der Waals surface area contributed by atoms with E-state index in [0.29, 0.717) is 37.2 Å². The fraction of sp³-hybridized carbons (Fsp3) is 0.294. The molecule has 2 aromatic rings. The minimum absolute atomic E-state index is 0.0365. The van der Waals surface area contributed by atoms with Crippen molar-refractivity contribution < 1.29 is 18.9 Å². The first-order valence-electron chi connectivity index (χ1n) is 8.16.